The molecule has 0 radical (unpaired) electrons. The number of aromatic nitrogens is 3. The van der Waals surface area contributed by atoms with Crippen molar-refractivity contribution >= 4 is 17.7 Å². The van der Waals surface area contributed by atoms with Crippen molar-refractivity contribution in [2.75, 3.05) is 5.75 Å². The lowest BCUT2D eigenvalue weighted by Gasteiger charge is -2.26. The minimum atomic E-state index is -0.362. The molecule has 138 valence electrons. The van der Waals surface area contributed by atoms with Gasteiger partial charge in [-0.25, -0.2) is 9.37 Å². The zero-order valence-corrected chi connectivity index (χ0v) is 15.4. The first-order chi connectivity index (χ1) is 13.2. The maximum atomic E-state index is 13.8. The fourth-order valence-electron chi connectivity index (χ4n) is 3.35. The van der Waals surface area contributed by atoms with Crippen LogP contribution in [-0.4, -0.2) is 26.8 Å². The average molecular weight is 382 g/mol. The molecule has 2 aromatic carbocycles. The van der Waals surface area contributed by atoms with Crippen LogP contribution < -0.4 is 5.32 Å². The topological polar surface area (TPSA) is 70.7 Å². The number of carbonyl (C=O) groups excluding carboxylic acids is 1. The minimum absolute atomic E-state index is 0.0565. The summed E-state index contributed by atoms with van der Waals surface area (Å²) in [6.45, 7) is 0. The number of halogens is 1. The Morgan fingerprint density at radius 1 is 1.22 bits per heavy atom. The van der Waals surface area contributed by atoms with Gasteiger partial charge in [-0.05, 0) is 42.5 Å². The average Bonchev–Trinajstić information content (AvgIpc) is 3.16. The predicted molar refractivity (Wildman–Crippen MR) is 103 cm³/mol. The highest BCUT2D eigenvalue weighted by Gasteiger charge is 2.21. The number of hydrogen-bond acceptors (Lipinski definition) is 4. The van der Waals surface area contributed by atoms with Crippen LogP contribution in [0.2, 0.25) is 0 Å². The van der Waals surface area contributed by atoms with E-state index < -0.39 is 0 Å². The number of nitrogens with zero attached hydrogens (tertiary/aromatic N) is 2. The second kappa shape index (κ2) is 7.92. The summed E-state index contributed by atoms with van der Waals surface area (Å²) >= 11 is 1.23. The number of aryl methyl sites for hydroxylation is 1. The second-order valence-corrected chi connectivity index (χ2v) is 7.39. The molecule has 0 saturated carbocycles. The predicted octanol–water partition coefficient (Wildman–Crippen LogP) is 3.90. The normalized spacial score (nSPS) is 16.0. The van der Waals surface area contributed by atoms with E-state index in [0.717, 1.165) is 19.3 Å². The van der Waals surface area contributed by atoms with Crippen LogP contribution in [0, 0.1) is 5.82 Å². The molecule has 27 heavy (non-hydrogen) atoms. The Labute approximate surface area is 160 Å². The lowest BCUT2D eigenvalue weighted by atomic mass is 9.88. The molecule has 1 atom stereocenters. The monoisotopic (exact) mass is 382 g/mol. The number of thioether (sulfide) groups is 1. The Morgan fingerprint density at radius 2 is 2.04 bits per heavy atom. The lowest BCUT2D eigenvalue weighted by Crippen LogP contribution is -2.32. The zero-order chi connectivity index (χ0) is 18.6. The molecule has 0 saturated heterocycles. The van der Waals surface area contributed by atoms with Crippen molar-refractivity contribution in [3.05, 3.63) is 65.5 Å². The van der Waals surface area contributed by atoms with E-state index in [2.05, 4.69) is 32.6 Å². The van der Waals surface area contributed by atoms with Crippen LogP contribution in [-0.2, 0) is 11.2 Å². The molecule has 7 heteroatoms. The van der Waals surface area contributed by atoms with Crippen LogP contribution in [0.15, 0.2) is 53.7 Å². The van der Waals surface area contributed by atoms with Gasteiger partial charge in [0.1, 0.15) is 5.82 Å². The van der Waals surface area contributed by atoms with Crippen LogP contribution in [0.25, 0.3) is 11.4 Å². The number of aromatic amines is 1. The van der Waals surface area contributed by atoms with Gasteiger partial charge in [0, 0.05) is 0 Å². The molecule has 5 nitrogen and oxygen atoms in total. The van der Waals surface area contributed by atoms with Gasteiger partial charge in [-0.15, -0.1) is 5.10 Å². The molecule has 0 aliphatic heterocycles. The largest absolute Gasteiger partial charge is 0.349 e. The van der Waals surface area contributed by atoms with E-state index in [0.29, 0.717) is 16.5 Å². The van der Waals surface area contributed by atoms with Crippen molar-refractivity contribution < 1.29 is 9.18 Å². The van der Waals surface area contributed by atoms with Gasteiger partial charge in [0.15, 0.2) is 5.82 Å². The summed E-state index contributed by atoms with van der Waals surface area (Å²) in [5.41, 5.74) is 2.88. The van der Waals surface area contributed by atoms with Crippen LogP contribution in [0.1, 0.15) is 30.0 Å². The molecule has 0 spiro atoms. The van der Waals surface area contributed by atoms with Crippen molar-refractivity contribution in [2.24, 2.45) is 0 Å². The maximum Gasteiger partial charge on any atom is 0.230 e. The van der Waals surface area contributed by atoms with Gasteiger partial charge in [0.05, 0.1) is 17.4 Å². The number of carbonyl (C=O) groups is 1. The lowest BCUT2D eigenvalue weighted by molar-refractivity contribution is -0.119. The fraction of sp³-hybridized carbons (Fsp3) is 0.250. The van der Waals surface area contributed by atoms with Crippen molar-refractivity contribution in [3.63, 3.8) is 0 Å². The number of nitrogens with one attached hydrogen (secondary N) is 2. The van der Waals surface area contributed by atoms with E-state index >= 15 is 0 Å². The maximum absolute atomic E-state index is 13.8. The van der Waals surface area contributed by atoms with Crippen molar-refractivity contribution in [1.82, 2.24) is 20.5 Å². The van der Waals surface area contributed by atoms with Crippen molar-refractivity contribution in [3.8, 4) is 11.4 Å². The van der Waals surface area contributed by atoms with Gasteiger partial charge in [0.25, 0.3) is 0 Å². The summed E-state index contributed by atoms with van der Waals surface area (Å²) in [7, 11) is 0. The number of fused-ring (bicyclic) bond motifs is 1. The first-order valence-electron chi connectivity index (χ1n) is 8.88. The Kier molecular flexibility index (Phi) is 5.20. The van der Waals surface area contributed by atoms with Gasteiger partial charge in [0.2, 0.25) is 11.1 Å². The third-order valence-corrected chi connectivity index (χ3v) is 5.48. The molecule has 3 aromatic rings. The highest BCUT2D eigenvalue weighted by Crippen LogP contribution is 2.29. The number of H-pyrrole nitrogens is 1. The van der Waals surface area contributed by atoms with Crippen molar-refractivity contribution in [1.29, 1.82) is 0 Å². The van der Waals surface area contributed by atoms with E-state index in [1.807, 2.05) is 12.1 Å². The molecule has 0 fully saturated rings. The molecule has 1 aliphatic rings. The van der Waals surface area contributed by atoms with Gasteiger partial charge in [-0.1, -0.05) is 48.2 Å². The Balaban J connectivity index is 1.36. The quantitative estimate of drug-likeness (QED) is 0.657. The third kappa shape index (κ3) is 4.03. The molecule has 1 amide bonds. The first kappa shape index (κ1) is 17.7. The number of benzene rings is 2. The molecule has 2 N–H and O–H groups in total. The summed E-state index contributed by atoms with van der Waals surface area (Å²) < 4.78 is 13.8. The molecule has 1 aromatic heterocycles. The van der Waals surface area contributed by atoms with Gasteiger partial charge in [-0.3, -0.25) is 9.89 Å². The first-order valence-corrected chi connectivity index (χ1v) is 9.86. The highest BCUT2D eigenvalue weighted by atomic mass is 32.2. The highest BCUT2D eigenvalue weighted by molar-refractivity contribution is 7.99. The fourth-order valence-corrected chi connectivity index (χ4v) is 3.96. The number of amides is 1. The summed E-state index contributed by atoms with van der Waals surface area (Å²) in [5.74, 6) is 0.155. The van der Waals surface area contributed by atoms with E-state index in [1.54, 1.807) is 18.2 Å². The summed E-state index contributed by atoms with van der Waals surface area (Å²) in [4.78, 5) is 16.6. The smallest absolute Gasteiger partial charge is 0.230 e. The van der Waals surface area contributed by atoms with Crippen LogP contribution in [0.5, 0.6) is 0 Å². The summed E-state index contributed by atoms with van der Waals surface area (Å²) in [6, 6.07) is 14.7. The molecule has 0 bridgehead atoms. The molecular formula is C20H19FN4OS. The molecular weight excluding hydrogens is 363 g/mol. The third-order valence-electron chi connectivity index (χ3n) is 4.63. The Morgan fingerprint density at radius 3 is 2.93 bits per heavy atom. The van der Waals surface area contributed by atoms with Gasteiger partial charge >= 0.3 is 0 Å². The van der Waals surface area contributed by atoms with E-state index in [1.165, 1.54) is 29.0 Å². The minimum Gasteiger partial charge on any atom is -0.349 e. The Hall–Kier alpha value is -2.67. The van der Waals surface area contributed by atoms with Crippen LogP contribution >= 0.6 is 11.8 Å². The van der Waals surface area contributed by atoms with E-state index in [9.17, 15) is 9.18 Å². The van der Waals surface area contributed by atoms with Crippen molar-refractivity contribution in [2.45, 2.75) is 30.5 Å². The molecule has 1 unspecified atom stereocenters. The van der Waals surface area contributed by atoms with E-state index in [-0.39, 0.29) is 23.5 Å². The Bertz CT molecular complexity index is 958. The second-order valence-electron chi connectivity index (χ2n) is 6.45. The zero-order valence-electron chi connectivity index (χ0n) is 14.6. The number of rotatable bonds is 5. The molecule has 4 rings (SSSR count). The summed E-state index contributed by atoms with van der Waals surface area (Å²) in [6.07, 6.45) is 3.08. The number of hydrogen-bond donors (Lipinski definition) is 2. The van der Waals surface area contributed by atoms with Crippen LogP contribution in [0.3, 0.4) is 0 Å². The van der Waals surface area contributed by atoms with Gasteiger partial charge in [-0.2, -0.15) is 0 Å². The standard InChI is InChI=1S/C20H19FN4OS/c21-16-10-4-3-9-15(16)19-23-20(25-24-19)27-12-18(26)22-17-11-5-7-13-6-1-2-8-14(13)17/h1-4,6,8-10,17H,5,7,11-12H2,(H,22,26)(H,23,24,25). The summed E-state index contributed by atoms with van der Waals surface area (Å²) in [5, 5.41) is 10.3. The van der Waals surface area contributed by atoms with Gasteiger partial charge < -0.3 is 5.32 Å². The molecule has 1 aliphatic carbocycles. The van der Waals surface area contributed by atoms with Crippen LogP contribution in [0.4, 0.5) is 4.39 Å². The molecule has 1 heterocycles. The SMILES string of the molecule is O=C(CSc1n[nH]c(-c2ccccc2F)n1)NC1CCCc2ccccc21. The van der Waals surface area contributed by atoms with E-state index in [4.69, 9.17) is 0 Å².